The van der Waals surface area contributed by atoms with Crippen molar-refractivity contribution in [1.29, 1.82) is 0 Å². The average molecular weight is 285 g/mol. The van der Waals surface area contributed by atoms with E-state index in [1.807, 2.05) is 13.8 Å². The molecule has 114 valence electrons. The van der Waals surface area contributed by atoms with Crippen LogP contribution >= 0.6 is 0 Å². The maximum Gasteiger partial charge on any atom is 0.312 e. The maximum absolute atomic E-state index is 12.4. The molecule has 0 aliphatic carbocycles. The third-order valence-electron chi connectivity index (χ3n) is 3.57. The number of primary amides is 1. The van der Waals surface area contributed by atoms with E-state index in [0.717, 1.165) is 0 Å². The number of carbonyl (C=O) groups excluding carboxylic acids is 3. The van der Waals surface area contributed by atoms with Crippen LogP contribution in [0.5, 0.6) is 0 Å². The smallest absolute Gasteiger partial charge is 0.312 e. The first kappa shape index (κ1) is 16.3. The number of amides is 3. The molecular weight excluding hydrogens is 262 g/mol. The number of hydrogen-bond donors (Lipinski definition) is 2. The zero-order chi connectivity index (χ0) is 15.3. The molecular formula is C13H23N3O4. The molecule has 1 rings (SSSR count). The Kier molecular flexibility index (Phi) is 5.79. The Bertz CT molecular complexity index is 376. The molecule has 1 aliphatic rings. The second-order valence-electron chi connectivity index (χ2n) is 5.35. The lowest BCUT2D eigenvalue weighted by molar-refractivity contribution is -0.149. The number of carbonyl (C=O) groups is 3. The van der Waals surface area contributed by atoms with Gasteiger partial charge in [0.2, 0.25) is 5.91 Å². The van der Waals surface area contributed by atoms with Crippen molar-refractivity contribution in [2.24, 2.45) is 17.6 Å². The zero-order valence-electron chi connectivity index (χ0n) is 12.2. The first-order chi connectivity index (χ1) is 9.36. The first-order valence-electron chi connectivity index (χ1n) is 6.79. The molecule has 0 radical (unpaired) electrons. The van der Waals surface area contributed by atoms with Crippen molar-refractivity contribution >= 4 is 17.9 Å². The van der Waals surface area contributed by atoms with Crippen LogP contribution in [0.15, 0.2) is 0 Å². The summed E-state index contributed by atoms with van der Waals surface area (Å²) < 4.78 is 4.71. The van der Waals surface area contributed by atoms with Crippen molar-refractivity contribution in [2.75, 3.05) is 20.2 Å². The molecule has 0 aromatic carbocycles. The van der Waals surface area contributed by atoms with Crippen LogP contribution in [0.4, 0.5) is 4.79 Å². The maximum atomic E-state index is 12.4. The van der Waals surface area contributed by atoms with Crippen LogP contribution in [0, 0.1) is 11.8 Å². The Morgan fingerprint density at radius 2 is 1.80 bits per heavy atom. The van der Waals surface area contributed by atoms with Gasteiger partial charge in [-0.05, 0) is 18.8 Å². The number of nitrogens with two attached hydrogens (primary N) is 1. The Labute approximate surface area is 118 Å². The van der Waals surface area contributed by atoms with Crippen LogP contribution in [-0.4, -0.2) is 49.0 Å². The van der Waals surface area contributed by atoms with Gasteiger partial charge in [-0.25, -0.2) is 4.79 Å². The second-order valence-corrected chi connectivity index (χ2v) is 5.35. The van der Waals surface area contributed by atoms with Crippen LogP contribution < -0.4 is 11.1 Å². The Morgan fingerprint density at radius 1 is 1.25 bits per heavy atom. The summed E-state index contributed by atoms with van der Waals surface area (Å²) in [6.45, 7) is 4.67. The molecule has 1 unspecified atom stereocenters. The van der Waals surface area contributed by atoms with E-state index < -0.39 is 12.1 Å². The van der Waals surface area contributed by atoms with Crippen molar-refractivity contribution in [3.05, 3.63) is 0 Å². The number of ether oxygens (including phenoxy) is 1. The predicted octanol–water partition coefficient (Wildman–Crippen LogP) is 0.0909. The lowest BCUT2D eigenvalue weighted by Gasteiger charge is -2.34. The zero-order valence-corrected chi connectivity index (χ0v) is 12.2. The topological polar surface area (TPSA) is 102 Å². The summed E-state index contributed by atoms with van der Waals surface area (Å²) in [5, 5.41) is 2.48. The van der Waals surface area contributed by atoms with Gasteiger partial charge in [-0.3, -0.25) is 9.59 Å². The molecule has 7 heteroatoms. The Balaban J connectivity index is 2.60. The molecule has 3 amide bonds. The van der Waals surface area contributed by atoms with E-state index in [9.17, 15) is 14.4 Å². The van der Waals surface area contributed by atoms with Crippen molar-refractivity contribution in [3.8, 4) is 0 Å². The molecule has 0 aromatic rings. The molecule has 1 atom stereocenters. The second kappa shape index (κ2) is 7.12. The number of hydrogen-bond acceptors (Lipinski definition) is 4. The quantitative estimate of drug-likeness (QED) is 0.715. The third kappa shape index (κ3) is 4.11. The molecule has 3 N–H and O–H groups in total. The number of nitrogens with zero attached hydrogens (tertiary/aromatic N) is 1. The summed E-state index contributed by atoms with van der Waals surface area (Å²) in [6.07, 6.45) is 1.17. The van der Waals surface area contributed by atoms with Crippen molar-refractivity contribution in [3.63, 3.8) is 0 Å². The summed E-state index contributed by atoms with van der Waals surface area (Å²) in [4.78, 5) is 36.4. The van der Waals surface area contributed by atoms with Gasteiger partial charge in [-0.15, -0.1) is 0 Å². The van der Waals surface area contributed by atoms with E-state index >= 15 is 0 Å². The number of likely N-dealkylation sites (tertiary alicyclic amines) is 1. The van der Waals surface area contributed by atoms with E-state index in [1.165, 1.54) is 7.11 Å². The highest BCUT2D eigenvalue weighted by molar-refractivity contribution is 5.87. The van der Waals surface area contributed by atoms with Crippen molar-refractivity contribution < 1.29 is 19.1 Å². The van der Waals surface area contributed by atoms with Crippen LogP contribution in [0.25, 0.3) is 0 Å². The average Bonchev–Trinajstić information content (AvgIpc) is 2.43. The number of rotatable bonds is 4. The summed E-state index contributed by atoms with van der Waals surface area (Å²) in [5.74, 6) is -0.575. The van der Waals surface area contributed by atoms with Crippen LogP contribution in [0.1, 0.15) is 26.7 Å². The van der Waals surface area contributed by atoms with Crippen molar-refractivity contribution in [1.82, 2.24) is 10.2 Å². The molecule has 1 heterocycles. The third-order valence-corrected chi connectivity index (χ3v) is 3.57. The van der Waals surface area contributed by atoms with Gasteiger partial charge in [0.1, 0.15) is 6.04 Å². The summed E-state index contributed by atoms with van der Waals surface area (Å²) in [7, 11) is 1.37. The lowest BCUT2D eigenvalue weighted by atomic mass is 9.95. The molecule has 1 aliphatic heterocycles. The minimum atomic E-state index is -0.707. The number of methoxy groups -OCH3 is 1. The minimum Gasteiger partial charge on any atom is -0.469 e. The SMILES string of the molecule is COC(=O)C1CCN(C(=O)C(NC(N)=O)C(C)C)CC1. The van der Waals surface area contributed by atoms with E-state index in [4.69, 9.17) is 10.5 Å². The largest absolute Gasteiger partial charge is 0.469 e. The highest BCUT2D eigenvalue weighted by Crippen LogP contribution is 2.20. The number of nitrogens with one attached hydrogen (secondary N) is 1. The van der Waals surface area contributed by atoms with Gasteiger partial charge in [0.05, 0.1) is 13.0 Å². The number of esters is 1. The van der Waals surface area contributed by atoms with Gasteiger partial charge < -0.3 is 20.7 Å². The molecule has 0 bridgehead atoms. The molecule has 1 fully saturated rings. The van der Waals surface area contributed by atoms with E-state index in [2.05, 4.69) is 5.32 Å². The van der Waals surface area contributed by atoms with Gasteiger partial charge in [-0.1, -0.05) is 13.8 Å². The van der Waals surface area contributed by atoms with Crippen molar-refractivity contribution in [2.45, 2.75) is 32.7 Å². The highest BCUT2D eigenvalue weighted by Gasteiger charge is 2.32. The fourth-order valence-corrected chi connectivity index (χ4v) is 2.37. The van der Waals surface area contributed by atoms with Gasteiger partial charge in [0.25, 0.3) is 0 Å². The predicted molar refractivity (Wildman–Crippen MR) is 72.7 cm³/mol. The van der Waals surface area contributed by atoms with E-state index in [-0.39, 0.29) is 23.7 Å². The van der Waals surface area contributed by atoms with Gasteiger partial charge in [0, 0.05) is 13.1 Å². The van der Waals surface area contributed by atoms with Gasteiger partial charge in [0.15, 0.2) is 0 Å². The van der Waals surface area contributed by atoms with Gasteiger partial charge >= 0.3 is 12.0 Å². The molecule has 0 saturated carbocycles. The highest BCUT2D eigenvalue weighted by atomic mass is 16.5. The Morgan fingerprint density at radius 3 is 2.20 bits per heavy atom. The fourth-order valence-electron chi connectivity index (χ4n) is 2.37. The summed E-state index contributed by atoms with van der Waals surface area (Å²) in [5.41, 5.74) is 5.10. The molecule has 20 heavy (non-hydrogen) atoms. The minimum absolute atomic E-state index is 0.0478. The van der Waals surface area contributed by atoms with E-state index in [1.54, 1.807) is 4.90 Å². The first-order valence-corrected chi connectivity index (χ1v) is 6.79. The number of urea groups is 1. The monoisotopic (exact) mass is 285 g/mol. The molecule has 1 saturated heterocycles. The number of piperidine rings is 1. The molecule has 0 aromatic heterocycles. The molecule has 0 spiro atoms. The fraction of sp³-hybridized carbons (Fsp3) is 0.769. The lowest BCUT2D eigenvalue weighted by Crippen LogP contribution is -2.54. The van der Waals surface area contributed by atoms with Crippen LogP contribution in [0.3, 0.4) is 0 Å². The summed E-state index contributed by atoms with van der Waals surface area (Å²) >= 11 is 0. The molecule has 7 nitrogen and oxygen atoms in total. The van der Waals surface area contributed by atoms with E-state index in [0.29, 0.717) is 25.9 Å². The normalized spacial score (nSPS) is 17.7. The Hall–Kier alpha value is -1.79. The van der Waals surface area contributed by atoms with Gasteiger partial charge in [-0.2, -0.15) is 0 Å². The van der Waals surface area contributed by atoms with Crippen LogP contribution in [-0.2, 0) is 14.3 Å². The summed E-state index contributed by atoms with van der Waals surface area (Å²) in [6, 6.07) is -1.33. The standard InChI is InChI=1S/C13H23N3O4/c1-8(2)10(15-13(14)19)11(17)16-6-4-9(5-7-16)12(18)20-3/h8-10H,4-7H2,1-3H3,(H3,14,15,19). The van der Waals surface area contributed by atoms with Crippen LogP contribution in [0.2, 0.25) is 0 Å².